The molecule has 0 aliphatic rings. The summed E-state index contributed by atoms with van der Waals surface area (Å²) in [5.41, 5.74) is 0.527. The van der Waals surface area contributed by atoms with Crippen LogP contribution in [0.25, 0.3) is 22.9 Å². The van der Waals surface area contributed by atoms with Crippen LogP contribution in [0.5, 0.6) is 0 Å². The second-order valence-corrected chi connectivity index (χ2v) is 6.89. The Morgan fingerprint density at radius 3 is 2.61 bits per heavy atom. The number of aromatic nitrogens is 3. The summed E-state index contributed by atoms with van der Waals surface area (Å²) < 4.78 is 24.1. The van der Waals surface area contributed by atoms with Gasteiger partial charge in [0.25, 0.3) is 0 Å². The first-order valence-electron chi connectivity index (χ1n) is 7.76. The third kappa shape index (κ3) is 3.75. The number of hydrogen-bond donors (Lipinski definition) is 1. The lowest BCUT2D eigenvalue weighted by Gasteiger charge is -1.98. The van der Waals surface area contributed by atoms with Gasteiger partial charge in [-0.25, -0.2) is 19.2 Å². The Morgan fingerprint density at radius 2 is 1.96 bits per heavy atom. The van der Waals surface area contributed by atoms with Crippen LogP contribution >= 0.6 is 23.4 Å². The van der Waals surface area contributed by atoms with Crippen molar-refractivity contribution in [3.05, 3.63) is 65.2 Å². The van der Waals surface area contributed by atoms with Gasteiger partial charge in [0.2, 0.25) is 5.89 Å². The fourth-order valence-electron chi connectivity index (χ4n) is 2.25. The smallest absolute Gasteiger partial charge is 0.358 e. The van der Waals surface area contributed by atoms with Gasteiger partial charge in [0, 0.05) is 17.8 Å². The minimum Gasteiger partial charge on any atom is -0.476 e. The lowest BCUT2D eigenvalue weighted by atomic mass is 10.2. The van der Waals surface area contributed by atoms with Gasteiger partial charge in [-0.05, 0) is 48.2 Å². The SMILES string of the molecule is O=C(O)c1cc(-c2nc(-c3ccc(F)cc3)oc2Sc2ccc(Cl)cn2)on1. The van der Waals surface area contributed by atoms with Crippen LogP contribution in [0.15, 0.2) is 67.7 Å². The van der Waals surface area contributed by atoms with Crippen molar-refractivity contribution >= 4 is 29.3 Å². The van der Waals surface area contributed by atoms with E-state index < -0.39 is 11.8 Å². The molecule has 0 saturated carbocycles. The molecule has 0 aliphatic heterocycles. The summed E-state index contributed by atoms with van der Waals surface area (Å²) in [6.45, 7) is 0. The van der Waals surface area contributed by atoms with Gasteiger partial charge >= 0.3 is 5.97 Å². The maximum Gasteiger partial charge on any atom is 0.358 e. The van der Waals surface area contributed by atoms with E-state index in [1.54, 1.807) is 12.1 Å². The molecule has 7 nitrogen and oxygen atoms in total. The molecular formula is C18H9ClFN3O4S. The lowest BCUT2D eigenvalue weighted by Crippen LogP contribution is -1.94. The van der Waals surface area contributed by atoms with Crippen molar-refractivity contribution in [3.63, 3.8) is 0 Å². The molecule has 10 heteroatoms. The molecule has 0 amide bonds. The number of carboxylic acids is 1. The van der Waals surface area contributed by atoms with Gasteiger partial charge in [-0.15, -0.1) is 0 Å². The summed E-state index contributed by atoms with van der Waals surface area (Å²) in [4.78, 5) is 19.6. The number of nitrogens with zero attached hydrogens (tertiary/aromatic N) is 3. The highest BCUT2D eigenvalue weighted by Crippen LogP contribution is 2.38. The van der Waals surface area contributed by atoms with Gasteiger partial charge in [0.1, 0.15) is 10.8 Å². The minimum atomic E-state index is -1.23. The second-order valence-electron chi connectivity index (χ2n) is 5.46. The molecule has 0 fully saturated rings. The summed E-state index contributed by atoms with van der Waals surface area (Å²) in [5, 5.41) is 13.9. The molecule has 4 rings (SSSR count). The van der Waals surface area contributed by atoms with Crippen LogP contribution in [0.4, 0.5) is 4.39 Å². The Morgan fingerprint density at radius 1 is 1.18 bits per heavy atom. The number of pyridine rings is 1. The van der Waals surface area contributed by atoms with E-state index in [0.717, 1.165) is 11.8 Å². The molecule has 1 aromatic carbocycles. The molecule has 3 aromatic heterocycles. The predicted molar refractivity (Wildman–Crippen MR) is 97.7 cm³/mol. The van der Waals surface area contributed by atoms with Crippen LogP contribution in [0.1, 0.15) is 10.5 Å². The summed E-state index contributed by atoms with van der Waals surface area (Å²) in [6, 6.07) is 10.2. The van der Waals surface area contributed by atoms with Crippen molar-refractivity contribution in [2.24, 2.45) is 0 Å². The number of benzene rings is 1. The van der Waals surface area contributed by atoms with E-state index in [0.29, 0.717) is 20.7 Å². The Labute approximate surface area is 166 Å². The molecule has 3 heterocycles. The molecule has 140 valence electrons. The minimum absolute atomic E-state index is 0.117. The average molecular weight is 418 g/mol. The molecule has 0 radical (unpaired) electrons. The number of rotatable bonds is 5. The van der Waals surface area contributed by atoms with E-state index in [1.165, 1.54) is 36.5 Å². The Hall–Kier alpha value is -3.17. The lowest BCUT2D eigenvalue weighted by molar-refractivity contribution is 0.0686. The van der Waals surface area contributed by atoms with Crippen LogP contribution in [0.2, 0.25) is 5.02 Å². The van der Waals surface area contributed by atoms with Crippen molar-refractivity contribution in [3.8, 4) is 22.9 Å². The topological polar surface area (TPSA) is 102 Å². The molecule has 28 heavy (non-hydrogen) atoms. The Bertz CT molecular complexity index is 1140. The van der Waals surface area contributed by atoms with E-state index in [9.17, 15) is 9.18 Å². The van der Waals surface area contributed by atoms with Gasteiger partial charge in [0.15, 0.2) is 22.2 Å². The summed E-state index contributed by atoms with van der Waals surface area (Å²) >= 11 is 7.00. The van der Waals surface area contributed by atoms with Crippen molar-refractivity contribution in [1.29, 1.82) is 0 Å². The van der Waals surface area contributed by atoms with Gasteiger partial charge in [-0.2, -0.15) is 0 Å². The molecule has 0 bridgehead atoms. The number of halogens is 2. The maximum absolute atomic E-state index is 13.2. The quantitative estimate of drug-likeness (QED) is 0.482. The van der Waals surface area contributed by atoms with Crippen molar-refractivity contribution in [2.45, 2.75) is 10.1 Å². The molecule has 0 aliphatic carbocycles. The van der Waals surface area contributed by atoms with E-state index in [1.807, 2.05) is 0 Å². The molecule has 0 saturated heterocycles. The second kappa shape index (κ2) is 7.45. The van der Waals surface area contributed by atoms with E-state index in [2.05, 4.69) is 15.1 Å². The fourth-order valence-corrected chi connectivity index (χ4v) is 3.16. The maximum atomic E-state index is 13.2. The zero-order valence-electron chi connectivity index (χ0n) is 13.8. The highest BCUT2D eigenvalue weighted by Gasteiger charge is 2.23. The first kappa shape index (κ1) is 18.2. The van der Waals surface area contributed by atoms with Gasteiger partial charge in [-0.3, -0.25) is 0 Å². The Balaban J connectivity index is 1.77. The largest absolute Gasteiger partial charge is 0.476 e. The highest BCUT2D eigenvalue weighted by molar-refractivity contribution is 7.99. The molecule has 1 N–H and O–H groups in total. The van der Waals surface area contributed by atoms with Crippen molar-refractivity contribution < 1.29 is 23.2 Å². The first-order valence-corrected chi connectivity index (χ1v) is 8.95. The van der Waals surface area contributed by atoms with Crippen LogP contribution in [-0.2, 0) is 0 Å². The summed E-state index contributed by atoms with van der Waals surface area (Å²) in [5.74, 6) is -1.30. The molecule has 4 aromatic rings. The van der Waals surface area contributed by atoms with Crippen molar-refractivity contribution in [2.75, 3.05) is 0 Å². The van der Waals surface area contributed by atoms with Crippen LogP contribution in [-0.4, -0.2) is 26.2 Å². The number of hydrogen-bond acceptors (Lipinski definition) is 7. The van der Waals surface area contributed by atoms with Gasteiger partial charge in [-0.1, -0.05) is 16.8 Å². The molecule has 0 atom stereocenters. The van der Waals surface area contributed by atoms with E-state index >= 15 is 0 Å². The number of carbonyl (C=O) groups is 1. The average Bonchev–Trinajstić information content (AvgIpc) is 3.31. The normalized spacial score (nSPS) is 10.9. The fraction of sp³-hybridized carbons (Fsp3) is 0. The molecular weight excluding hydrogens is 409 g/mol. The third-order valence-corrected chi connectivity index (χ3v) is 4.68. The summed E-state index contributed by atoms with van der Waals surface area (Å²) in [7, 11) is 0. The van der Waals surface area contributed by atoms with Crippen molar-refractivity contribution in [1.82, 2.24) is 15.1 Å². The van der Waals surface area contributed by atoms with Crippen LogP contribution < -0.4 is 0 Å². The van der Waals surface area contributed by atoms with E-state index in [4.69, 9.17) is 25.6 Å². The summed E-state index contributed by atoms with van der Waals surface area (Å²) in [6.07, 6.45) is 1.48. The Kier molecular flexibility index (Phi) is 4.84. The zero-order chi connectivity index (χ0) is 19.7. The number of aromatic carboxylic acids is 1. The van der Waals surface area contributed by atoms with Crippen LogP contribution in [0.3, 0.4) is 0 Å². The zero-order valence-corrected chi connectivity index (χ0v) is 15.4. The molecule has 0 spiro atoms. The standard InChI is InChI=1S/C18H9ClFN3O4S/c19-10-3-6-14(21-8-10)28-18-15(13-7-12(17(24)25)23-27-13)22-16(26-18)9-1-4-11(20)5-2-9/h1-8H,(H,24,25). The monoisotopic (exact) mass is 417 g/mol. The molecule has 0 unspecified atom stereocenters. The third-order valence-electron chi connectivity index (χ3n) is 3.55. The first-order chi connectivity index (χ1) is 13.5. The number of carboxylic acid groups (broad SMARTS) is 1. The van der Waals surface area contributed by atoms with Crippen LogP contribution in [0, 0.1) is 5.82 Å². The van der Waals surface area contributed by atoms with E-state index in [-0.39, 0.29) is 23.0 Å². The highest BCUT2D eigenvalue weighted by atomic mass is 35.5. The number of oxazole rings is 1. The predicted octanol–water partition coefficient (Wildman–Crippen LogP) is 5.03. The van der Waals surface area contributed by atoms with Gasteiger partial charge in [0.05, 0.1) is 5.02 Å². The van der Waals surface area contributed by atoms with Gasteiger partial charge < -0.3 is 14.0 Å².